The molecule has 1 heterocycles. The number of aromatic nitrogens is 2. The van der Waals surface area contributed by atoms with E-state index in [4.69, 9.17) is 14.4 Å². The van der Waals surface area contributed by atoms with Gasteiger partial charge in [-0.2, -0.15) is 4.98 Å². The number of carbonyl (C=O) groups is 1. The molecule has 2 aromatic rings. The van der Waals surface area contributed by atoms with Gasteiger partial charge in [0.2, 0.25) is 11.7 Å². The van der Waals surface area contributed by atoms with E-state index in [-0.39, 0.29) is 6.61 Å². The third kappa shape index (κ3) is 3.95. The molecule has 19 heavy (non-hydrogen) atoms. The Balaban J connectivity index is 1.93. The molecule has 6 heteroatoms. The van der Waals surface area contributed by atoms with E-state index in [1.54, 1.807) is 31.2 Å². The second kappa shape index (κ2) is 5.81. The van der Waals surface area contributed by atoms with E-state index < -0.39 is 5.97 Å². The molecule has 0 spiro atoms. The Labute approximate surface area is 109 Å². The fourth-order valence-electron chi connectivity index (χ4n) is 1.39. The van der Waals surface area contributed by atoms with E-state index in [9.17, 15) is 4.79 Å². The maximum Gasteiger partial charge on any atom is 0.328 e. The van der Waals surface area contributed by atoms with Crippen LogP contribution in [-0.2, 0) is 11.4 Å². The molecule has 2 rings (SSSR count). The summed E-state index contributed by atoms with van der Waals surface area (Å²) < 4.78 is 10.3. The summed E-state index contributed by atoms with van der Waals surface area (Å²) in [4.78, 5) is 14.4. The highest BCUT2D eigenvalue weighted by atomic mass is 16.5. The van der Waals surface area contributed by atoms with E-state index in [0.29, 0.717) is 17.5 Å². The van der Waals surface area contributed by atoms with Crippen molar-refractivity contribution in [3.05, 3.63) is 47.6 Å². The first-order valence-electron chi connectivity index (χ1n) is 5.56. The summed E-state index contributed by atoms with van der Waals surface area (Å²) in [5.74, 6) is 0.642. The number of hydrogen-bond acceptors (Lipinski definition) is 5. The number of aliphatic carboxylic acids is 1. The smallest absolute Gasteiger partial charge is 0.328 e. The molecule has 98 valence electrons. The second-order valence-electron chi connectivity index (χ2n) is 3.76. The van der Waals surface area contributed by atoms with Gasteiger partial charge in [0.1, 0.15) is 5.75 Å². The number of carboxylic acids is 1. The summed E-state index contributed by atoms with van der Waals surface area (Å²) in [5, 5.41) is 12.2. The molecule has 0 unspecified atom stereocenters. The zero-order valence-corrected chi connectivity index (χ0v) is 10.2. The van der Waals surface area contributed by atoms with Gasteiger partial charge in [0.25, 0.3) is 0 Å². The first kappa shape index (κ1) is 12.8. The second-order valence-corrected chi connectivity index (χ2v) is 3.76. The maximum absolute atomic E-state index is 10.4. The van der Waals surface area contributed by atoms with E-state index in [1.807, 2.05) is 0 Å². The highest BCUT2D eigenvalue weighted by Crippen LogP contribution is 2.14. The van der Waals surface area contributed by atoms with Crippen LogP contribution in [0.1, 0.15) is 17.3 Å². The summed E-state index contributed by atoms with van der Waals surface area (Å²) in [6.45, 7) is 1.93. The average Bonchev–Trinajstić information content (AvgIpc) is 2.81. The standard InChI is InChI=1S/C13H12N2O4/c1-9-14-12(15-19-9)8-18-11-5-2-10(3-6-11)4-7-13(16)17/h2-7H,8H2,1H3,(H,16,17)/b7-4+. The van der Waals surface area contributed by atoms with Gasteiger partial charge in [-0.1, -0.05) is 17.3 Å². The Morgan fingerprint density at radius 1 is 1.42 bits per heavy atom. The Kier molecular flexibility index (Phi) is 3.92. The van der Waals surface area contributed by atoms with Crippen LogP contribution in [0.15, 0.2) is 34.9 Å². The number of nitrogens with zero attached hydrogens (tertiary/aromatic N) is 2. The third-order valence-corrected chi connectivity index (χ3v) is 2.24. The maximum atomic E-state index is 10.4. The molecule has 1 N–H and O–H groups in total. The topological polar surface area (TPSA) is 85.5 Å². The van der Waals surface area contributed by atoms with Crippen molar-refractivity contribution in [1.29, 1.82) is 0 Å². The van der Waals surface area contributed by atoms with Crippen molar-refractivity contribution in [2.24, 2.45) is 0 Å². The first-order chi connectivity index (χ1) is 9.13. The Morgan fingerprint density at radius 2 is 2.16 bits per heavy atom. The van der Waals surface area contributed by atoms with Gasteiger partial charge in [0.15, 0.2) is 6.61 Å². The number of ether oxygens (including phenoxy) is 1. The van der Waals surface area contributed by atoms with Gasteiger partial charge in [-0.15, -0.1) is 0 Å². The van der Waals surface area contributed by atoms with Gasteiger partial charge in [-0.05, 0) is 23.8 Å². The SMILES string of the molecule is Cc1nc(COc2ccc(/C=C/C(=O)O)cc2)no1. The quantitative estimate of drug-likeness (QED) is 0.828. The van der Waals surface area contributed by atoms with Crippen molar-refractivity contribution in [2.45, 2.75) is 13.5 Å². The van der Waals surface area contributed by atoms with Crippen molar-refractivity contribution in [3.8, 4) is 5.75 Å². The lowest BCUT2D eigenvalue weighted by Gasteiger charge is -2.03. The van der Waals surface area contributed by atoms with Crippen LogP contribution < -0.4 is 4.74 Å². The Bertz CT molecular complexity index is 587. The van der Waals surface area contributed by atoms with Crippen molar-refractivity contribution in [2.75, 3.05) is 0 Å². The lowest BCUT2D eigenvalue weighted by Crippen LogP contribution is -1.97. The molecule has 0 amide bonds. The van der Waals surface area contributed by atoms with E-state index >= 15 is 0 Å². The molecule has 0 aliphatic heterocycles. The van der Waals surface area contributed by atoms with Gasteiger partial charge in [-0.25, -0.2) is 4.79 Å². The van der Waals surface area contributed by atoms with Crippen molar-refractivity contribution in [3.63, 3.8) is 0 Å². The van der Waals surface area contributed by atoms with E-state index in [0.717, 1.165) is 11.6 Å². The highest BCUT2D eigenvalue weighted by Gasteiger charge is 2.02. The molecule has 0 bridgehead atoms. The van der Waals surface area contributed by atoms with E-state index in [2.05, 4.69) is 10.1 Å². The van der Waals surface area contributed by atoms with Crippen LogP contribution in [0, 0.1) is 6.92 Å². The fourth-order valence-corrected chi connectivity index (χ4v) is 1.39. The van der Waals surface area contributed by atoms with Gasteiger partial charge < -0.3 is 14.4 Å². The number of benzene rings is 1. The summed E-state index contributed by atoms with van der Waals surface area (Å²) in [7, 11) is 0. The predicted molar refractivity (Wildman–Crippen MR) is 66.5 cm³/mol. The number of rotatable bonds is 5. The minimum atomic E-state index is -0.979. The number of carboxylic acid groups (broad SMARTS) is 1. The molecule has 1 aromatic carbocycles. The summed E-state index contributed by atoms with van der Waals surface area (Å²) in [6.07, 6.45) is 2.59. The van der Waals surface area contributed by atoms with Crippen LogP contribution in [0.2, 0.25) is 0 Å². The molecule has 6 nitrogen and oxygen atoms in total. The van der Waals surface area contributed by atoms with Gasteiger partial charge in [0.05, 0.1) is 0 Å². The molecule has 0 fully saturated rings. The number of hydrogen-bond donors (Lipinski definition) is 1. The van der Waals surface area contributed by atoms with Crippen molar-refractivity contribution in [1.82, 2.24) is 10.1 Å². The normalized spacial score (nSPS) is 10.8. The molecule has 1 aromatic heterocycles. The lowest BCUT2D eigenvalue weighted by molar-refractivity contribution is -0.131. The molecular weight excluding hydrogens is 248 g/mol. The monoisotopic (exact) mass is 260 g/mol. The lowest BCUT2D eigenvalue weighted by atomic mass is 10.2. The van der Waals surface area contributed by atoms with Crippen molar-refractivity contribution >= 4 is 12.0 Å². The molecular formula is C13H12N2O4. The van der Waals surface area contributed by atoms with Crippen LogP contribution in [-0.4, -0.2) is 21.2 Å². The molecule has 0 saturated carbocycles. The van der Waals surface area contributed by atoms with Crippen molar-refractivity contribution < 1.29 is 19.2 Å². The van der Waals surface area contributed by atoms with Gasteiger partial charge >= 0.3 is 5.97 Å². The summed E-state index contributed by atoms with van der Waals surface area (Å²) >= 11 is 0. The highest BCUT2D eigenvalue weighted by molar-refractivity contribution is 5.85. The molecule has 0 atom stereocenters. The fraction of sp³-hybridized carbons (Fsp3) is 0.154. The predicted octanol–water partition coefficient (Wildman–Crippen LogP) is 2.05. The molecule has 0 aliphatic carbocycles. The summed E-state index contributed by atoms with van der Waals surface area (Å²) in [5.41, 5.74) is 0.783. The Hall–Kier alpha value is -2.63. The largest absolute Gasteiger partial charge is 0.485 e. The molecule has 0 radical (unpaired) electrons. The van der Waals surface area contributed by atoms with Gasteiger partial charge in [0, 0.05) is 13.0 Å². The minimum Gasteiger partial charge on any atom is -0.485 e. The summed E-state index contributed by atoms with van der Waals surface area (Å²) in [6, 6.07) is 7.01. The third-order valence-electron chi connectivity index (χ3n) is 2.24. The van der Waals surface area contributed by atoms with Crippen LogP contribution in [0.3, 0.4) is 0 Å². The van der Waals surface area contributed by atoms with Crippen LogP contribution in [0.25, 0.3) is 6.08 Å². The Morgan fingerprint density at radius 3 is 2.74 bits per heavy atom. The van der Waals surface area contributed by atoms with Crippen LogP contribution in [0.5, 0.6) is 5.75 Å². The number of aryl methyl sites for hydroxylation is 1. The zero-order chi connectivity index (χ0) is 13.7. The van der Waals surface area contributed by atoms with E-state index in [1.165, 1.54) is 6.08 Å². The first-order valence-corrected chi connectivity index (χ1v) is 5.56. The molecule has 0 aliphatic rings. The van der Waals surface area contributed by atoms with Crippen LogP contribution >= 0.6 is 0 Å². The molecule has 0 saturated heterocycles. The zero-order valence-electron chi connectivity index (χ0n) is 10.2. The average molecular weight is 260 g/mol. The minimum absolute atomic E-state index is 0.224. The van der Waals surface area contributed by atoms with Gasteiger partial charge in [-0.3, -0.25) is 0 Å². The van der Waals surface area contributed by atoms with Crippen LogP contribution in [0.4, 0.5) is 0 Å².